The van der Waals surface area contributed by atoms with Gasteiger partial charge in [0.1, 0.15) is 5.71 Å². The number of halogens is 2. The standard InChI is InChI=1S/C15H9Br2N3O3/c16-15(17)13(10-6-8-12(9-7-10)20(22)23)18-19(14(15)21)11-4-2-1-3-5-11/h1-9H. The molecular weight excluding hydrogens is 430 g/mol. The van der Waals surface area contributed by atoms with Gasteiger partial charge in [0.05, 0.1) is 10.6 Å². The lowest BCUT2D eigenvalue weighted by atomic mass is 10.1. The Kier molecular flexibility index (Phi) is 4.03. The van der Waals surface area contributed by atoms with E-state index in [1.807, 2.05) is 18.2 Å². The Hall–Kier alpha value is -2.06. The molecule has 0 bridgehead atoms. The number of non-ortho nitro benzene ring substituents is 1. The van der Waals surface area contributed by atoms with Gasteiger partial charge in [0, 0.05) is 17.7 Å². The monoisotopic (exact) mass is 437 g/mol. The van der Waals surface area contributed by atoms with Crippen molar-refractivity contribution in [3.63, 3.8) is 0 Å². The van der Waals surface area contributed by atoms with Gasteiger partial charge >= 0.3 is 0 Å². The lowest BCUT2D eigenvalue weighted by Gasteiger charge is -2.16. The molecule has 2 aromatic carbocycles. The fourth-order valence-electron chi connectivity index (χ4n) is 2.17. The third-order valence-electron chi connectivity index (χ3n) is 3.31. The van der Waals surface area contributed by atoms with E-state index in [0.29, 0.717) is 17.0 Å². The van der Waals surface area contributed by atoms with Crippen LogP contribution in [0, 0.1) is 10.1 Å². The molecule has 3 rings (SSSR count). The highest BCUT2D eigenvalue weighted by molar-refractivity contribution is 9.26. The molecule has 116 valence electrons. The minimum atomic E-state index is -1.17. The molecule has 23 heavy (non-hydrogen) atoms. The van der Waals surface area contributed by atoms with Crippen LogP contribution in [0.3, 0.4) is 0 Å². The van der Waals surface area contributed by atoms with Crippen molar-refractivity contribution in [2.75, 3.05) is 5.01 Å². The van der Waals surface area contributed by atoms with Crippen molar-refractivity contribution in [2.45, 2.75) is 3.23 Å². The van der Waals surface area contributed by atoms with E-state index in [-0.39, 0.29) is 11.6 Å². The summed E-state index contributed by atoms with van der Waals surface area (Å²) in [6.45, 7) is 0. The van der Waals surface area contributed by atoms with Crippen LogP contribution in [0.4, 0.5) is 11.4 Å². The predicted octanol–water partition coefficient (Wildman–Crippen LogP) is 3.83. The van der Waals surface area contributed by atoms with Gasteiger partial charge in [0.25, 0.3) is 11.6 Å². The van der Waals surface area contributed by atoms with Crippen LogP contribution in [0.2, 0.25) is 0 Å². The first-order valence-corrected chi connectivity index (χ1v) is 8.11. The zero-order chi connectivity index (χ0) is 16.6. The fraction of sp³-hybridized carbons (Fsp3) is 0.0667. The van der Waals surface area contributed by atoms with Gasteiger partial charge in [-0.25, -0.2) is 0 Å². The maximum Gasteiger partial charge on any atom is 0.281 e. The summed E-state index contributed by atoms with van der Waals surface area (Å²) in [5.41, 5.74) is 1.66. The molecule has 0 N–H and O–H groups in total. The lowest BCUT2D eigenvalue weighted by molar-refractivity contribution is -0.384. The maximum absolute atomic E-state index is 12.6. The molecule has 0 atom stereocenters. The number of benzene rings is 2. The van der Waals surface area contributed by atoms with Crippen LogP contribution in [0.25, 0.3) is 0 Å². The summed E-state index contributed by atoms with van der Waals surface area (Å²) in [5, 5.41) is 16.4. The van der Waals surface area contributed by atoms with Crippen LogP contribution in [0.15, 0.2) is 59.7 Å². The Balaban J connectivity index is 2.03. The fourth-order valence-corrected chi connectivity index (χ4v) is 3.12. The number of anilines is 1. The van der Waals surface area contributed by atoms with Crippen LogP contribution in [-0.2, 0) is 4.79 Å². The largest absolute Gasteiger partial charge is 0.281 e. The molecule has 6 nitrogen and oxygen atoms in total. The molecule has 1 heterocycles. The first kappa shape index (κ1) is 15.8. The second kappa shape index (κ2) is 5.86. The minimum Gasteiger partial charge on any atom is -0.269 e. The van der Waals surface area contributed by atoms with Crippen molar-refractivity contribution >= 4 is 54.9 Å². The molecule has 0 aromatic heterocycles. The summed E-state index contributed by atoms with van der Waals surface area (Å²) in [7, 11) is 0. The van der Waals surface area contributed by atoms with Crippen LogP contribution in [-0.4, -0.2) is 19.8 Å². The number of para-hydroxylation sites is 1. The second-order valence-electron chi connectivity index (χ2n) is 4.78. The summed E-state index contributed by atoms with van der Waals surface area (Å²) < 4.78 is -1.17. The topological polar surface area (TPSA) is 75.8 Å². The summed E-state index contributed by atoms with van der Waals surface area (Å²) in [4.78, 5) is 22.9. The van der Waals surface area contributed by atoms with E-state index in [0.717, 1.165) is 0 Å². The molecule has 0 saturated carbocycles. The van der Waals surface area contributed by atoms with Crippen molar-refractivity contribution in [2.24, 2.45) is 5.10 Å². The van der Waals surface area contributed by atoms with E-state index in [4.69, 9.17) is 0 Å². The Labute approximate surface area is 148 Å². The van der Waals surface area contributed by atoms with Crippen LogP contribution in [0.5, 0.6) is 0 Å². The van der Waals surface area contributed by atoms with Gasteiger partial charge in [-0.3, -0.25) is 14.9 Å². The molecular formula is C15H9Br2N3O3. The molecule has 0 unspecified atom stereocenters. The van der Waals surface area contributed by atoms with Gasteiger partial charge in [-0.2, -0.15) is 10.1 Å². The highest BCUT2D eigenvalue weighted by Crippen LogP contribution is 2.40. The first-order chi connectivity index (χ1) is 10.9. The molecule has 1 amide bonds. The third kappa shape index (κ3) is 2.79. The van der Waals surface area contributed by atoms with Gasteiger partial charge in [0.15, 0.2) is 0 Å². The number of alkyl halides is 2. The highest BCUT2D eigenvalue weighted by Gasteiger charge is 2.48. The van der Waals surface area contributed by atoms with Crippen molar-refractivity contribution in [1.29, 1.82) is 0 Å². The van der Waals surface area contributed by atoms with Crippen LogP contribution < -0.4 is 5.01 Å². The minimum absolute atomic E-state index is 0.0201. The van der Waals surface area contributed by atoms with E-state index >= 15 is 0 Å². The number of nitro benzene ring substituents is 1. The Morgan fingerprint density at radius 2 is 1.65 bits per heavy atom. The molecule has 0 saturated heterocycles. The van der Waals surface area contributed by atoms with Gasteiger partial charge in [0.2, 0.25) is 3.23 Å². The summed E-state index contributed by atoms with van der Waals surface area (Å²) in [5.74, 6) is -0.294. The van der Waals surface area contributed by atoms with Gasteiger partial charge in [-0.15, -0.1) is 0 Å². The molecule has 0 fully saturated rings. The maximum atomic E-state index is 12.6. The highest BCUT2D eigenvalue weighted by atomic mass is 79.9. The molecule has 0 radical (unpaired) electrons. The number of nitrogens with zero attached hydrogens (tertiary/aromatic N) is 3. The van der Waals surface area contributed by atoms with E-state index in [1.165, 1.54) is 17.1 Å². The zero-order valence-electron chi connectivity index (χ0n) is 11.5. The molecule has 2 aromatic rings. The molecule has 1 aliphatic rings. The average molecular weight is 439 g/mol. The number of hydrazone groups is 1. The molecule has 8 heteroatoms. The summed E-state index contributed by atoms with van der Waals surface area (Å²) in [6.07, 6.45) is 0. The van der Waals surface area contributed by atoms with E-state index in [1.54, 1.807) is 24.3 Å². The predicted molar refractivity (Wildman–Crippen MR) is 94.1 cm³/mol. The van der Waals surface area contributed by atoms with E-state index in [9.17, 15) is 14.9 Å². The summed E-state index contributed by atoms with van der Waals surface area (Å²) >= 11 is 6.71. The smallest absolute Gasteiger partial charge is 0.269 e. The van der Waals surface area contributed by atoms with Crippen LogP contribution in [0.1, 0.15) is 5.56 Å². The lowest BCUT2D eigenvalue weighted by Crippen LogP contribution is -2.35. The van der Waals surface area contributed by atoms with Crippen molar-refractivity contribution < 1.29 is 9.72 Å². The normalized spacial score (nSPS) is 16.3. The number of amides is 1. The van der Waals surface area contributed by atoms with Crippen molar-refractivity contribution in [1.82, 2.24) is 0 Å². The average Bonchev–Trinajstić information content (AvgIpc) is 2.79. The van der Waals surface area contributed by atoms with Crippen molar-refractivity contribution in [3.8, 4) is 0 Å². The first-order valence-electron chi connectivity index (χ1n) is 6.52. The quantitative estimate of drug-likeness (QED) is 0.415. The third-order valence-corrected chi connectivity index (χ3v) is 4.74. The van der Waals surface area contributed by atoms with Crippen molar-refractivity contribution in [3.05, 3.63) is 70.3 Å². The van der Waals surface area contributed by atoms with E-state index in [2.05, 4.69) is 37.0 Å². The molecule has 0 spiro atoms. The van der Waals surface area contributed by atoms with E-state index < -0.39 is 8.16 Å². The van der Waals surface area contributed by atoms with Gasteiger partial charge in [-0.1, -0.05) is 50.1 Å². The van der Waals surface area contributed by atoms with Crippen LogP contribution >= 0.6 is 31.9 Å². The second-order valence-corrected chi connectivity index (χ2v) is 8.22. The van der Waals surface area contributed by atoms with Gasteiger partial charge < -0.3 is 0 Å². The number of carbonyl (C=O) groups is 1. The number of nitro groups is 1. The zero-order valence-corrected chi connectivity index (χ0v) is 14.7. The number of hydrogen-bond donors (Lipinski definition) is 0. The Morgan fingerprint density at radius 1 is 1.04 bits per heavy atom. The molecule has 1 aliphatic heterocycles. The molecule has 0 aliphatic carbocycles. The number of hydrogen-bond acceptors (Lipinski definition) is 4. The van der Waals surface area contributed by atoms with Gasteiger partial charge in [-0.05, 0) is 24.3 Å². The Bertz CT molecular complexity index is 804. The number of carbonyl (C=O) groups excluding carboxylic acids is 1. The SMILES string of the molecule is O=C1N(c2ccccc2)N=C(c2ccc([N+](=O)[O-])cc2)C1(Br)Br. The Morgan fingerprint density at radius 3 is 2.22 bits per heavy atom. The number of rotatable bonds is 3. The summed E-state index contributed by atoms with van der Waals surface area (Å²) in [6, 6.07) is 14.9.